The van der Waals surface area contributed by atoms with Crippen LogP contribution in [0.1, 0.15) is 31.7 Å². The highest BCUT2D eigenvalue weighted by molar-refractivity contribution is 5.85. The molecule has 2 rings (SSSR count). The minimum absolute atomic E-state index is 0. The number of benzene rings is 1. The summed E-state index contributed by atoms with van der Waals surface area (Å²) in [5.41, 5.74) is 6.82. The normalized spacial score (nSPS) is 22.2. The number of hydrogen-bond donors (Lipinski definition) is 3. The van der Waals surface area contributed by atoms with Gasteiger partial charge in [-0.1, -0.05) is 13.0 Å². The van der Waals surface area contributed by atoms with Gasteiger partial charge in [0.25, 0.3) is 0 Å². The molecule has 0 aromatic heterocycles. The molecule has 6 nitrogen and oxygen atoms in total. The molecule has 1 amide bonds. The number of aliphatic hydroxyl groups is 1. The lowest BCUT2D eigenvalue weighted by molar-refractivity contribution is -0.125. The summed E-state index contributed by atoms with van der Waals surface area (Å²) in [5, 5.41) is 12.6. The predicted octanol–water partition coefficient (Wildman–Crippen LogP) is 1.66. The van der Waals surface area contributed by atoms with E-state index in [0.29, 0.717) is 38.2 Å². The van der Waals surface area contributed by atoms with E-state index in [1.165, 1.54) is 0 Å². The van der Waals surface area contributed by atoms with Gasteiger partial charge in [0.15, 0.2) is 11.5 Å². The molecule has 0 unspecified atom stereocenters. The van der Waals surface area contributed by atoms with Gasteiger partial charge in [0.2, 0.25) is 5.91 Å². The second-order valence-corrected chi connectivity index (χ2v) is 6.27. The van der Waals surface area contributed by atoms with Crippen molar-refractivity contribution in [3.63, 3.8) is 0 Å². The molecule has 0 saturated heterocycles. The van der Waals surface area contributed by atoms with Gasteiger partial charge in [-0.15, -0.1) is 12.4 Å². The average Bonchev–Trinajstić information content (AvgIpc) is 2.92. The molecule has 1 aromatic rings. The quantitative estimate of drug-likeness (QED) is 0.645. The number of nitrogens with one attached hydrogen (secondary N) is 1. The number of carbonyl (C=O) groups excluding carboxylic acids is 1. The van der Waals surface area contributed by atoms with Crippen molar-refractivity contribution in [2.24, 2.45) is 11.7 Å². The van der Waals surface area contributed by atoms with Crippen LogP contribution in [0, 0.1) is 5.92 Å². The van der Waals surface area contributed by atoms with Gasteiger partial charge in [0.05, 0.1) is 19.8 Å². The SMILES string of the molecule is CCCOc1ccc(CCNC(=O)[C@H]2C[C@@H](N)[C@H](O)C2)cc1OC.Cl. The molecular weight excluding hydrogens is 344 g/mol. The summed E-state index contributed by atoms with van der Waals surface area (Å²) >= 11 is 0. The fraction of sp³-hybridized carbons (Fsp3) is 0.611. The smallest absolute Gasteiger partial charge is 0.223 e. The first kappa shape index (κ1) is 21.5. The Hall–Kier alpha value is -1.50. The molecule has 0 aliphatic heterocycles. The summed E-state index contributed by atoms with van der Waals surface area (Å²) < 4.78 is 11.0. The van der Waals surface area contributed by atoms with Crippen molar-refractivity contribution in [1.29, 1.82) is 0 Å². The van der Waals surface area contributed by atoms with Crippen LogP contribution >= 0.6 is 12.4 Å². The van der Waals surface area contributed by atoms with E-state index in [0.717, 1.165) is 17.7 Å². The molecule has 0 bridgehead atoms. The van der Waals surface area contributed by atoms with Gasteiger partial charge in [-0.05, 0) is 43.4 Å². The van der Waals surface area contributed by atoms with Crippen molar-refractivity contribution in [1.82, 2.24) is 5.32 Å². The van der Waals surface area contributed by atoms with Gasteiger partial charge < -0.3 is 25.6 Å². The van der Waals surface area contributed by atoms with E-state index >= 15 is 0 Å². The van der Waals surface area contributed by atoms with Crippen LogP contribution in [0.4, 0.5) is 0 Å². The minimum atomic E-state index is -0.569. The monoisotopic (exact) mass is 372 g/mol. The van der Waals surface area contributed by atoms with Crippen LogP contribution in [0.3, 0.4) is 0 Å². The molecule has 0 spiro atoms. The molecule has 1 aliphatic rings. The Labute approximate surface area is 155 Å². The van der Waals surface area contributed by atoms with Gasteiger partial charge in [-0.25, -0.2) is 0 Å². The summed E-state index contributed by atoms with van der Waals surface area (Å²) in [5.74, 6) is 1.23. The molecule has 1 aliphatic carbocycles. The van der Waals surface area contributed by atoms with E-state index in [2.05, 4.69) is 12.2 Å². The number of halogens is 1. The Morgan fingerprint density at radius 3 is 2.72 bits per heavy atom. The Kier molecular flexibility index (Phi) is 9.03. The third-order valence-corrected chi connectivity index (χ3v) is 4.35. The highest BCUT2D eigenvalue weighted by Gasteiger charge is 2.34. The standard InChI is InChI=1S/C18H28N2O4.ClH/c1-3-8-24-16-5-4-12(9-17(16)23-2)6-7-20-18(22)13-10-14(19)15(21)11-13;/h4-5,9,13-15,21H,3,6-8,10-11,19H2,1-2H3,(H,20,22);1H/t13-,14+,15+;/m0./s1. The van der Waals surface area contributed by atoms with Crippen LogP contribution in [0.25, 0.3) is 0 Å². The third-order valence-electron chi connectivity index (χ3n) is 4.35. The maximum Gasteiger partial charge on any atom is 0.223 e. The summed E-state index contributed by atoms with van der Waals surface area (Å²) in [4.78, 5) is 12.1. The van der Waals surface area contributed by atoms with Crippen molar-refractivity contribution in [2.75, 3.05) is 20.3 Å². The average molecular weight is 373 g/mol. The van der Waals surface area contributed by atoms with Crippen LogP contribution in [0.5, 0.6) is 11.5 Å². The van der Waals surface area contributed by atoms with Gasteiger partial charge in [-0.3, -0.25) is 4.79 Å². The molecule has 25 heavy (non-hydrogen) atoms. The lowest BCUT2D eigenvalue weighted by Gasteiger charge is -2.13. The van der Waals surface area contributed by atoms with Crippen LogP contribution in [-0.4, -0.2) is 43.4 Å². The summed E-state index contributed by atoms with van der Waals surface area (Å²) in [7, 11) is 1.62. The second kappa shape index (κ2) is 10.5. The number of rotatable bonds is 8. The molecule has 0 radical (unpaired) electrons. The number of carbonyl (C=O) groups is 1. The van der Waals surface area contributed by atoms with Crippen molar-refractivity contribution >= 4 is 18.3 Å². The molecule has 1 aromatic carbocycles. The van der Waals surface area contributed by atoms with Crippen molar-refractivity contribution in [2.45, 2.75) is 44.8 Å². The van der Waals surface area contributed by atoms with E-state index in [-0.39, 0.29) is 30.3 Å². The maximum absolute atomic E-state index is 12.1. The molecule has 0 heterocycles. The van der Waals surface area contributed by atoms with E-state index in [9.17, 15) is 9.90 Å². The van der Waals surface area contributed by atoms with Gasteiger partial charge in [0.1, 0.15) is 0 Å². The second-order valence-electron chi connectivity index (χ2n) is 6.27. The van der Waals surface area contributed by atoms with E-state index in [4.69, 9.17) is 15.2 Å². The minimum Gasteiger partial charge on any atom is -0.493 e. The number of nitrogens with two attached hydrogens (primary N) is 1. The molecule has 7 heteroatoms. The predicted molar refractivity (Wildman–Crippen MR) is 99.4 cm³/mol. The first-order valence-corrected chi connectivity index (χ1v) is 8.56. The number of aliphatic hydroxyl groups excluding tert-OH is 1. The highest BCUT2D eigenvalue weighted by atomic mass is 35.5. The van der Waals surface area contributed by atoms with Gasteiger partial charge in [-0.2, -0.15) is 0 Å². The van der Waals surface area contributed by atoms with Crippen molar-refractivity contribution in [3.05, 3.63) is 23.8 Å². The zero-order chi connectivity index (χ0) is 17.5. The Balaban J connectivity index is 0.00000312. The zero-order valence-corrected chi connectivity index (χ0v) is 15.7. The highest BCUT2D eigenvalue weighted by Crippen LogP contribution is 2.28. The van der Waals surface area contributed by atoms with Crippen molar-refractivity contribution < 1.29 is 19.4 Å². The lowest BCUT2D eigenvalue weighted by atomic mass is 10.1. The Morgan fingerprint density at radius 2 is 2.12 bits per heavy atom. The first-order valence-electron chi connectivity index (χ1n) is 8.56. The molecule has 142 valence electrons. The van der Waals surface area contributed by atoms with E-state index in [1.807, 2.05) is 18.2 Å². The summed E-state index contributed by atoms with van der Waals surface area (Å²) in [6, 6.07) is 5.53. The van der Waals surface area contributed by atoms with Crippen LogP contribution < -0.4 is 20.5 Å². The fourth-order valence-corrected chi connectivity index (χ4v) is 2.94. The van der Waals surface area contributed by atoms with E-state index < -0.39 is 6.10 Å². The first-order chi connectivity index (χ1) is 11.5. The molecule has 1 saturated carbocycles. The summed E-state index contributed by atoms with van der Waals surface area (Å²) in [6.45, 7) is 3.25. The number of methoxy groups -OCH3 is 1. The number of amides is 1. The Morgan fingerprint density at radius 1 is 1.36 bits per heavy atom. The van der Waals surface area contributed by atoms with Crippen molar-refractivity contribution in [3.8, 4) is 11.5 Å². The molecule has 4 N–H and O–H groups in total. The van der Waals surface area contributed by atoms with Gasteiger partial charge in [0, 0.05) is 18.5 Å². The van der Waals surface area contributed by atoms with Gasteiger partial charge >= 0.3 is 0 Å². The molecule has 3 atom stereocenters. The number of hydrogen-bond acceptors (Lipinski definition) is 5. The fourth-order valence-electron chi connectivity index (χ4n) is 2.94. The molecule has 1 fully saturated rings. The zero-order valence-electron chi connectivity index (χ0n) is 14.9. The maximum atomic E-state index is 12.1. The topological polar surface area (TPSA) is 93.8 Å². The lowest BCUT2D eigenvalue weighted by Crippen LogP contribution is -2.32. The third kappa shape index (κ3) is 6.06. The van der Waals surface area contributed by atoms with Crippen LogP contribution in [-0.2, 0) is 11.2 Å². The largest absolute Gasteiger partial charge is 0.493 e. The van der Waals surface area contributed by atoms with E-state index in [1.54, 1.807) is 7.11 Å². The molecular formula is C18H29ClN2O4. The summed E-state index contributed by atoms with van der Waals surface area (Å²) in [6.07, 6.45) is 2.07. The van der Waals surface area contributed by atoms with Crippen LogP contribution in [0.15, 0.2) is 18.2 Å². The Bertz CT molecular complexity index is 546. The van der Waals surface area contributed by atoms with Crippen LogP contribution in [0.2, 0.25) is 0 Å². The number of ether oxygens (including phenoxy) is 2.